The summed E-state index contributed by atoms with van der Waals surface area (Å²) < 4.78 is 1.84. The van der Waals surface area contributed by atoms with Crippen LogP contribution in [0.3, 0.4) is 0 Å². The number of hydrogen-bond acceptors (Lipinski definition) is 3. The molecule has 0 bridgehead atoms. The van der Waals surface area contributed by atoms with Gasteiger partial charge in [-0.05, 0) is 12.2 Å². The summed E-state index contributed by atoms with van der Waals surface area (Å²) in [7, 11) is 0. The second kappa shape index (κ2) is 2.18. The van der Waals surface area contributed by atoms with Crippen molar-refractivity contribution >= 4 is 12.2 Å². The number of aryl methyl sites for hydroxylation is 1. The Kier molecular flexibility index (Phi) is 1.52. The summed E-state index contributed by atoms with van der Waals surface area (Å²) in [5.74, 6) is 6.21. The van der Waals surface area contributed by atoms with Crippen LogP contribution in [0.1, 0.15) is 12.7 Å². The monoisotopic (exact) mass is 144 g/mol. The molecule has 0 spiro atoms. The molecule has 5 heteroatoms. The molecule has 0 saturated heterocycles. The molecule has 0 fully saturated rings. The first-order chi connectivity index (χ1) is 4.25. The van der Waals surface area contributed by atoms with Crippen molar-refractivity contribution < 1.29 is 0 Å². The third-order valence-electron chi connectivity index (χ3n) is 1.09. The van der Waals surface area contributed by atoms with Gasteiger partial charge in [-0.2, -0.15) is 5.10 Å². The van der Waals surface area contributed by atoms with E-state index in [0.717, 1.165) is 12.2 Å². The summed E-state index contributed by atoms with van der Waals surface area (Å²) in [5.41, 5.74) is 0. The number of nitrogens with two attached hydrogens (primary N) is 1. The Balaban J connectivity index is 3.20. The maximum Gasteiger partial charge on any atom is 0.214 e. The third-order valence-corrected chi connectivity index (χ3v) is 1.38. The van der Waals surface area contributed by atoms with Crippen LogP contribution in [0.4, 0.5) is 0 Å². The van der Waals surface area contributed by atoms with Crippen LogP contribution in [0.15, 0.2) is 0 Å². The number of H-pyrrole nitrogens is 1. The molecule has 50 valence electrons. The van der Waals surface area contributed by atoms with E-state index in [4.69, 9.17) is 18.1 Å². The van der Waals surface area contributed by atoms with Crippen LogP contribution in [0.25, 0.3) is 0 Å². The van der Waals surface area contributed by atoms with Gasteiger partial charge < -0.3 is 5.84 Å². The van der Waals surface area contributed by atoms with E-state index in [0.29, 0.717) is 4.77 Å². The van der Waals surface area contributed by atoms with Gasteiger partial charge in [0, 0.05) is 6.42 Å². The average molecular weight is 144 g/mol. The fourth-order valence-corrected chi connectivity index (χ4v) is 0.738. The molecule has 0 aliphatic rings. The zero-order chi connectivity index (χ0) is 6.85. The molecule has 0 radical (unpaired) electrons. The predicted molar refractivity (Wildman–Crippen MR) is 36.9 cm³/mol. The number of nitrogens with one attached hydrogen (secondary N) is 1. The number of rotatable bonds is 1. The lowest BCUT2D eigenvalue weighted by Gasteiger charge is -1.91. The van der Waals surface area contributed by atoms with Gasteiger partial charge >= 0.3 is 0 Å². The van der Waals surface area contributed by atoms with Crippen LogP contribution in [0.2, 0.25) is 0 Å². The average Bonchev–Trinajstić information content (AvgIpc) is 2.15. The Hall–Kier alpha value is -0.840. The van der Waals surface area contributed by atoms with E-state index in [9.17, 15) is 0 Å². The van der Waals surface area contributed by atoms with Gasteiger partial charge in [0.25, 0.3) is 0 Å². The maximum absolute atomic E-state index is 5.43. The molecule has 0 atom stereocenters. The Morgan fingerprint density at radius 3 is 2.78 bits per heavy atom. The molecule has 0 aliphatic carbocycles. The van der Waals surface area contributed by atoms with Crippen molar-refractivity contribution in [3.63, 3.8) is 0 Å². The lowest BCUT2D eigenvalue weighted by molar-refractivity contribution is 0.849. The Morgan fingerprint density at radius 2 is 2.56 bits per heavy atom. The number of aromatic amines is 1. The number of nitrogen functional groups attached to an aromatic ring is 1. The zero-order valence-corrected chi connectivity index (χ0v) is 5.90. The van der Waals surface area contributed by atoms with E-state index in [1.807, 2.05) is 6.92 Å². The third kappa shape index (κ3) is 0.951. The van der Waals surface area contributed by atoms with E-state index in [2.05, 4.69) is 10.2 Å². The lowest BCUT2D eigenvalue weighted by atomic mass is 10.5. The molecule has 3 N–H and O–H groups in total. The van der Waals surface area contributed by atoms with Crippen molar-refractivity contribution in [3.05, 3.63) is 10.6 Å². The standard InChI is InChI=1S/C4H8N4S/c1-2-3-6-7-4(9)8(3)5/h2,5H2,1H3,(H,7,9). The second-order valence-corrected chi connectivity index (χ2v) is 2.06. The molecule has 0 aromatic carbocycles. The summed E-state index contributed by atoms with van der Waals surface area (Å²) in [4.78, 5) is 0. The molecule has 1 heterocycles. The number of hydrogen-bond donors (Lipinski definition) is 2. The van der Waals surface area contributed by atoms with Crippen LogP contribution in [-0.2, 0) is 6.42 Å². The van der Waals surface area contributed by atoms with Gasteiger partial charge in [0.1, 0.15) is 5.82 Å². The highest BCUT2D eigenvalue weighted by Crippen LogP contribution is 1.90. The quantitative estimate of drug-likeness (QED) is 0.438. The first kappa shape index (κ1) is 6.28. The smallest absolute Gasteiger partial charge is 0.214 e. The first-order valence-electron chi connectivity index (χ1n) is 2.67. The summed E-state index contributed by atoms with van der Waals surface area (Å²) in [6, 6.07) is 0. The van der Waals surface area contributed by atoms with E-state index in [-0.39, 0.29) is 0 Å². The highest BCUT2D eigenvalue weighted by Gasteiger charge is 1.96. The van der Waals surface area contributed by atoms with Crippen LogP contribution in [0.5, 0.6) is 0 Å². The Bertz CT molecular complexity index is 247. The van der Waals surface area contributed by atoms with Gasteiger partial charge in [-0.25, -0.2) is 4.68 Å². The molecular formula is C4H8N4S. The zero-order valence-electron chi connectivity index (χ0n) is 5.09. The molecule has 0 aliphatic heterocycles. The van der Waals surface area contributed by atoms with E-state index < -0.39 is 0 Å². The van der Waals surface area contributed by atoms with Crippen LogP contribution < -0.4 is 5.84 Å². The molecule has 1 aromatic heterocycles. The highest BCUT2D eigenvalue weighted by atomic mass is 32.1. The van der Waals surface area contributed by atoms with E-state index in [1.54, 1.807) is 0 Å². The van der Waals surface area contributed by atoms with Gasteiger partial charge in [-0.1, -0.05) is 6.92 Å². The van der Waals surface area contributed by atoms with Crippen molar-refractivity contribution in [1.29, 1.82) is 0 Å². The first-order valence-corrected chi connectivity index (χ1v) is 3.08. The molecule has 0 amide bonds. The Morgan fingerprint density at radius 1 is 1.89 bits per heavy atom. The minimum absolute atomic E-state index is 0.465. The molecule has 1 rings (SSSR count). The SMILES string of the molecule is CCc1n[nH]c(=S)n1N. The molecule has 0 unspecified atom stereocenters. The van der Waals surface area contributed by atoms with Crippen LogP contribution >= 0.6 is 12.2 Å². The van der Waals surface area contributed by atoms with E-state index in [1.165, 1.54) is 4.68 Å². The van der Waals surface area contributed by atoms with Gasteiger partial charge in [0.05, 0.1) is 0 Å². The summed E-state index contributed by atoms with van der Waals surface area (Å²) in [6.07, 6.45) is 0.795. The van der Waals surface area contributed by atoms with Crippen molar-refractivity contribution in [2.24, 2.45) is 0 Å². The highest BCUT2D eigenvalue weighted by molar-refractivity contribution is 7.71. The summed E-state index contributed by atoms with van der Waals surface area (Å²) >= 11 is 4.76. The van der Waals surface area contributed by atoms with Crippen molar-refractivity contribution in [3.8, 4) is 0 Å². The molecule has 1 aromatic rings. The van der Waals surface area contributed by atoms with Gasteiger partial charge in [-0.3, -0.25) is 5.10 Å². The number of aromatic nitrogens is 3. The largest absolute Gasteiger partial charge is 0.335 e. The van der Waals surface area contributed by atoms with Gasteiger partial charge in [0.15, 0.2) is 0 Å². The lowest BCUT2D eigenvalue weighted by Crippen LogP contribution is -2.11. The summed E-state index contributed by atoms with van der Waals surface area (Å²) in [5, 5.41) is 6.43. The second-order valence-electron chi connectivity index (χ2n) is 1.67. The van der Waals surface area contributed by atoms with Crippen molar-refractivity contribution in [1.82, 2.24) is 14.9 Å². The molecule has 0 saturated carbocycles. The van der Waals surface area contributed by atoms with Crippen molar-refractivity contribution in [2.45, 2.75) is 13.3 Å². The predicted octanol–water partition coefficient (Wildman–Crippen LogP) is 0.217. The minimum atomic E-state index is 0.465. The topological polar surface area (TPSA) is 59.6 Å². The van der Waals surface area contributed by atoms with Crippen molar-refractivity contribution in [2.75, 3.05) is 5.84 Å². The van der Waals surface area contributed by atoms with Crippen LogP contribution in [0, 0.1) is 4.77 Å². The van der Waals surface area contributed by atoms with Crippen LogP contribution in [-0.4, -0.2) is 14.9 Å². The summed E-state index contributed by atoms with van der Waals surface area (Å²) in [6.45, 7) is 1.97. The van der Waals surface area contributed by atoms with E-state index >= 15 is 0 Å². The number of nitrogens with zero attached hydrogens (tertiary/aromatic N) is 2. The van der Waals surface area contributed by atoms with Gasteiger partial charge in [-0.15, -0.1) is 0 Å². The fraction of sp³-hybridized carbons (Fsp3) is 0.500. The normalized spacial score (nSPS) is 9.89. The Labute approximate surface area is 57.7 Å². The molecular weight excluding hydrogens is 136 g/mol. The maximum atomic E-state index is 5.43. The minimum Gasteiger partial charge on any atom is -0.335 e. The molecule has 4 nitrogen and oxygen atoms in total. The van der Waals surface area contributed by atoms with Gasteiger partial charge in [0.2, 0.25) is 4.77 Å². The molecule has 9 heavy (non-hydrogen) atoms. The fourth-order valence-electron chi connectivity index (χ4n) is 0.587.